The number of nitrogens with two attached hydrogens (primary N) is 1. The van der Waals surface area contributed by atoms with Crippen LogP contribution in [0.2, 0.25) is 5.02 Å². The van der Waals surface area contributed by atoms with Gasteiger partial charge in [0.2, 0.25) is 0 Å². The third kappa shape index (κ3) is 7.50. The van der Waals surface area contributed by atoms with Crippen LogP contribution in [0.5, 0.6) is 0 Å². The summed E-state index contributed by atoms with van der Waals surface area (Å²) in [6, 6.07) is 9.93. The molecule has 3 rings (SSSR count). The fraction of sp³-hybridized carbons (Fsp3) is 0.417. The molecule has 0 aliphatic rings. The van der Waals surface area contributed by atoms with E-state index in [-0.39, 0.29) is 5.39 Å². The molecule has 33 heavy (non-hydrogen) atoms. The van der Waals surface area contributed by atoms with Crippen molar-refractivity contribution < 1.29 is 4.39 Å². The van der Waals surface area contributed by atoms with Crippen LogP contribution in [0.25, 0.3) is 22.3 Å². The van der Waals surface area contributed by atoms with Gasteiger partial charge in [-0.15, -0.1) is 0 Å². The number of hydrogen-bond acceptors (Lipinski definition) is 6. The summed E-state index contributed by atoms with van der Waals surface area (Å²) >= 11 is 6.23. The molecule has 0 spiro atoms. The van der Waals surface area contributed by atoms with Crippen molar-refractivity contribution in [2.45, 2.75) is 25.7 Å². The molecule has 0 radical (unpaired) electrons. The molecule has 2 aromatic carbocycles. The van der Waals surface area contributed by atoms with Gasteiger partial charge in [0, 0.05) is 12.1 Å². The van der Waals surface area contributed by atoms with E-state index in [1.54, 1.807) is 24.3 Å². The molecule has 6 N–H and O–H groups in total. The zero-order valence-corrected chi connectivity index (χ0v) is 19.5. The molecule has 1 heterocycles. The summed E-state index contributed by atoms with van der Waals surface area (Å²) in [5, 5.41) is 10.6. The Hall–Kier alpha value is -2.52. The molecule has 1 aromatic heterocycles. The van der Waals surface area contributed by atoms with Gasteiger partial charge in [0.05, 0.1) is 21.6 Å². The second kappa shape index (κ2) is 13.3. The van der Waals surface area contributed by atoms with Crippen molar-refractivity contribution >= 4 is 28.2 Å². The lowest BCUT2D eigenvalue weighted by atomic mass is 10.1. The Morgan fingerprint density at radius 2 is 1.67 bits per heavy atom. The second-order valence-electron chi connectivity index (χ2n) is 7.87. The summed E-state index contributed by atoms with van der Waals surface area (Å²) in [6.07, 6.45) is 4.09. The van der Waals surface area contributed by atoms with E-state index in [9.17, 15) is 9.18 Å². The highest BCUT2D eigenvalue weighted by Gasteiger charge is 2.12. The van der Waals surface area contributed by atoms with E-state index >= 15 is 0 Å². The number of rotatable bonds is 14. The largest absolute Gasteiger partial charge is 0.383 e. The van der Waals surface area contributed by atoms with Gasteiger partial charge in [-0.2, -0.15) is 0 Å². The number of nitrogens with zero attached hydrogens (tertiary/aromatic N) is 1. The number of hydrogen-bond donors (Lipinski definition) is 5. The quantitative estimate of drug-likeness (QED) is 0.229. The zero-order valence-electron chi connectivity index (χ0n) is 18.7. The van der Waals surface area contributed by atoms with Crippen molar-refractivity contribution in [1.29, 1.82) is 0 Å². The Bertz CT molecular complexity index is 1090. The van der Waals surface area contributed by atoms with Gasteiger partial charge >= 0.3 is 0 Å². The van der Waals surface area contributed by atoms with Gasteiger partial charge < -0.3 is 26.7 Å². The smallest absolute Gasteiger partial charge is 0.259 e. The van der Waals surface area contributed by atoms with Crippen LogP contribution in [0.3, 0.4) is 0 Å². The normalized spacial score (nSPS) is 11.2. The molecule has 0 amide bonds. The van der Waals surface area contributed by atoms with Crippen LogP contribution in [0.1, 0.15) is 25.7 Å². The lowest BCUT2D eigenvalue weighted by molar-refractivity contribution is 0.571. The maximum absolute atomic E-state index is 14.5. The third-order valence-corrected chi connectivity index (χ3v) is 5.61. The Balaban J connectivity index is 1.49. The van der Waals surface area contributed by atoms with Crippen LogP contribution in [0.15, 0.2) is 41.2 Å². The van der Waals surface area contributed by atoms with Crippen molar-refractivity contribution in [3.8, 4) is 11.4 Å². The molecule has 0 unspecified atom stereocenters. The van der Waals surface area contributed by atoms with Gasteiger partial charge in [-0.25, -0.2) is 9.37 Å². The van der Waals surface area contributed by atoms with Gasteiger partial charge in [0.15, 0.2) is 0 Å². The van der Waals surface area contributed by atoms with E-state index < -0.39 is 11.4 Å². The first-order valence-electron chi connectivity index (χ1n) is 11.4. The minimum Gasteiger partial charge on any atom is -0.383 e. The SMILES string of the molecule is NCCCNCCCCNCCCNc1cc2nc(-c3ccccc3Cl)[nH]c(=O)c2cc1F. The van der Waals surface area contributed by atoms with Crippen LogP contribution >= 0.6 is 11.6 Å². The average Bonchev–Trinajstić information content (AvgIpc) is 2.81. The molecule has 0 atom stereocenters. The monoisotopic (exact) mass is 474 g/mol. The van der Waals surface area contributed by atoms with Crippen molar-refractivity contribution in [2.24, 2.45) is 5.73 Å². The van der Waals surface area contributed by atoms with E-state index in [0.717, 1.165) is 58.4 Å². The van der Waals surface area contributed by atoms with Gasteiger partial charge in [0.25, 0.3) is 5.56 Å². The number of aromatic amines is 1. The van der Waals surface area contributed by atoms with Crippen LogP contribution in [-0.2, 0) is 0 Å². The standard InChI is InChI=1S/C24H32ClFN6O/c25-19-8-2-1-7-17(19)23-31-21-16-22(20(26)15-18(21)24(33)32-23)30-14-6-13-29-11-4-3-10-28-12-5-9-27/h1-2,7-8,15-16,28-30H,3-6,9-14,27H2,(H,31,32,33). The molecule has 9 heteroatoms. The summed E-state index contributed by atoms with van der Waals surface area (Å²) in [5.41, 5.74) is 6.42. The predicted molar refractivity (Wildman–Crippen MR) is 135 cm³/mol. The minimum atomic E-state index is -0.476. The van der Waals surface area contributed by atoms with Crippen LogP contribution in [-0.4, -0.2) is 49.2 Å². The third-order valence-electron chi connectivity index (χ3n) is 5.28. The van der Waals surface area contributed by atoms with Crippen LogP contribution in [0.4, 0.5) is 10.1 Å². The number of H-pyrrole nitrogens is 1. The van der Waals surface area contributed by atoms with Gasteiger partial charge in [0.1, 0.15) is 11.6 Å². The molecule has 0 fully saturated rings. The fourth-order valence-corrected chi connectivity index (χ4v) is 3.71. The van der Waals surface area contributed by atoms with Gasteiger partial charge in [-0.3, -0.25) is 4.79 Å². The first-order chi connectivity index (χ1) is 16.1. The van der Waals surface area contributed by atoms with Crippen molar-refractivity contribution in [3.63, 3.8) is 0 Å². The maximum Gasteiger partial charge on any atom is 0.259 e. The number of nitrogens with one attached hydrogen (secondary N) is 4. The molecular weight excluding hydrogens is 443 g/mol. The van der Waals surface area contributed by atoms with Crippen molar-refractivity contribution in [2.75, 3.05) is 44.6 Å². The van der Waals surface area contributed by atoms with E-state index in [1.807, 2.05) is 6.07 Å². The molecule has 0 aliphatic heterocycles. The zero-order chi connectivity index (χ0) is 23.5. The first kappa shape index (κ1) is 25.1. The Kier molecular flexibility index (Phi) is 10.1. The van der Waals surface area contributed by atoms with Gasteiger partial charge in [-0.05, 0) is 82.7 Å². The van der Waals surface area contributed by atoms with Crippen LogP contribution in [0, 0.1) is 5.82 Å². The molecule has 3 aromatic rings. The summed E-state index contributed by atoms with van der Waals surface area (Å²) in [5.74, 6) is -0.121. The van der Waals surface area contributed by atoms with Crippen molar-refractivity contribution in [1.82, 2.24) is 20.6 Å². The number of benzene rings is 2. The maximum atomic E-state index is 14.5. The molecular formula is C24H32ClFN6O. The molecule has 0 saturated carbocycles. The van der Waals surface area contributed by atoms with E-state index in [1.165, 1.54) is 6.07 Å². The summed E-state index contributed by atoms with van der Waals surface area (Å²) in [4.78, 5) is 19.7. The Labute approximate surface area is 198 Å². The van der Waals surface area contributed by atoms with Crippen molar-refractivity contribution in [3.05, 3.63) is 57.6 Å². The lowest BCUT2D eigenvalue weighted by Crippen LogP contribution is -2.22. The predicted octanol–water partition coefficient (Wildman–Crippen LogP) is 3.49. The molecule has 0 bridgehead atoms. The lowest BCUT2D eigenvalue weighted by Gasteiger charge is -2.10. The molecule has 0 saturated heterocycles. The summed E-state index contributed by atoms with van der Waals surface area (Å²) in [7, 11) is 0. The number of halogens is 2. The highest BCUT2D eigenvalue weighted by molar-refractivity contribution is 6.33. The first-order valence-corrected chi connectivity index (χ1v) is 11.8. The Morgan fingerprint density at radius 1 is 0.970 bits per heavy atom. The van der Waals surface area contributed by atoms with Gasteiger partial charge in [-0.1, -0.05) is 23.7 Å². The number of aromatic nitrogens is 2. The highest BCUT2D eigenvalue weighted by Crippen LogP contribution is 2.26. The topological polar surface area (TPSA) is 108 Å². The Morgan fingerprint density at radius 3 is 2.39 bits per heavy atom. The highest BCUT2D eigenvalue weighted by atomic mass is 35.5. The second-order valence-corrected chi connectivity index (χ2v) is 8.28. The summed E-state index contributed by atoms with van der Waals surface area (Å²) in [6.45, 7) is 5.13. The molecule has 0 aliphatic carbocycles. The average molecular weight is 475 g/mol. The summed E-state index contributed by atoms with van der Waals surface area (Å²) < 4.78 is 14.5. The van der Waals surface area contributed by atoms with E-state index in [2.05, 4.69) is 25.9 Å². The molecule has 178 valence electrons. The fourth-order valence-electron chi connectivity index (χ4n) is 3.49. The van der Waals surface area contributed by atoms with E-state index in [4.69, 9.17) is 17.3 Å². The number of anilines is 1. The van der Waals surface area contributed by atoms with Crippen LogP contribution < -0.4 is 27.2 Å². The molecule has 7 nitrogen and oxygen atoms in total. The van der Waals surface area contributed by atoms with E-state index in [0.29, 0.717) is 34.2 Å². The number of fused-ring (bicyclic) bond motifs is 1. The number of unbranched alkanes of at least 4 members (excludes halogenated alkanes) is 1. The minimum absolute atomic E-state index is 0.202.